The van der Waals surface area contributed by atoms with Gasteiger partial charge in [-0.05, 0) is 94.0 Å². The molecule has 0 unspecified atom stereocenters. The molecule has 318 valence electrons. The standard InChI is InChI=1S/C64H42N4/c1-4-15-43(16-5-1)45-27-29-48(30-28-45)59-42-58(47-19-8-3-9-20-47)65-64(66-59)49-33-37-53(38-34-49)68-61-26-13-11-24-55(61)57-40-39-56-54-23-10-12-25-60(54)67(62(56)63(57)68)52-35-31-46(32-36-52)51-22-14-21-50(41-51)44-17-6-2-7-18-44/h1-42H. The highest BCUT2D eigenvalue weighted by atomic mass is 15.0. The van der Waals surface area contributed by atoms with Gasteiger partial charge in [-0.2, -0.15) is 0 Å². The SMILES string of the molecule is c1ccc(-c2ccc(-c3cc(-c4ccccc4)nc(-c4ccc(-n5c6ccccc6c6ccc7c8ccccc8n(-c8ccc(-c9cccc(-c%10ccccc%10)c9)cc8)c7c65)cc4)n3)cc2)cc1. The molecule has 0 saturated heterocycles. The van der Waals surface area contributed by atoms with Crippen molar-refractivity contribution in [3.63, 3.8) is 0 Å². The second-order valence-electron chi connectivity index (χ2n) is 17.4. The molecule has 13 aromatic rings. The topological polar surface area (TPSA) is 35.6 Å². The first-order valence-electron chi connectivity index (χ1n) is 23.1. The minimum absolute atomic E-state index is 0.681. The molecule has 4 nitrogen and oxygen atoms in total. The molecule has 0 atom stereocenters. The molecule has 0 bridgehead atoms. The molecule has 3 heterocycles. The highest BCUT2D eigenvalue weighted by Gasteiger charge is 2.22. The number of para-hydroxylation sites is 2. The molecule has 0 aliphatic carbocycles. The predicted molar refractivity (Wildman–Crippen MR) is 283 cm³/mol. The van der Waals surface area contributed by atoms with Crippen LogP contribution in [0.2, 0.25) is 0 Å². The summed E-state index contributed by atoms with van der Waals surface area (Å²) in [6.07, 6.45) is 0. The molecular formula is C64H42N4. The van der Waals surface area contributed by atoms with Crippen molar-refractivity contribution in [3.8, 4) is 78.7 Å². The van der Waals surface area contributed by atoms with Gasteiger partial charge >= 0.3 is 0 Å². The highest BCUT2D eigenvalue weighted by molar-refractivity contribution is 6.23. The molecule has 4 heteroatoms. The minimum atomic E-state index is 0.681. The van der Waals surface area contributed by atoms with Crippen molar-refractivity contribution in [2.24, 2.45) is 0 Å². The Kier molecular flexibility index (Phi) is 9.47. The lowest BCUT2D eigenvalue weighted by Crippen LogP contribution is -1.99. The van der Waals surface area contributed by atoms with E-state index < -0.39 is 0 Å². The third-order valence-electron chi connectivity index (χ3n) is 13.4. The highest BCUT2D eigenvalue weighted by Crippen LogP contribution is 2.42. The van der Waals surface area contributed by atoms with Crippen molar-refractivity contribution in [1.29, 1.82) is 0 Å². The van der Waals surface area contributed by atoms with E-state index in [4.69, 9.17) is 9.97 Å². The van der Waals surface area contributed by atoms with Gasteiger partial charge in [-0.1, -0.05) is 194 Å². The van der Waals surface area contributed by atoms with Crippen LogP contribution in [0.1, 0.15) is 0 Å². The van der Waals surface area contributed by atoms with E-state index in [1.807, 2.05) is 12.1 Å². The smallest absolute Gasteiger partial charge is 0.160 e. The molecule has 13 rings (SSSR count). The van der Waals surface area contributed by atoms with Crippen molar-refractivity contribution in [1.82, 2.24) is 19.1 Å². The third kappa shape index (κ3) is 6.78. The third-order valence-corrected chi connectivity index (χ3v) is 13.4. The minimum Gasteiger partial charge on any atom is -0.307 e. The number of hydrogen-bond donors (Lipinski definition) is 0. The van der Waals surface area contributed by atoms with E-state index in [9.17, 15) is 0 Å². The number of hydrogen-bond acceptors (Lipinski definition) is 2. The van der Waals surface area contributed by atoms with Crippen LogP contribution >= 0.6 is 0 Å². The first-order chi connectivity index (χ1) is 33.7. The van der Waals surface area contributed by atoms with Crippen LogP contribution in [-0.4, -0.2) is 19.1 Å². The van der Waals surface area contributed by atoms with Crippen LogP contribution in [-0.2, 0) is 0 Å². The van der Waals surface area contributed by atoms with Gasteiger partial charge in [0.1, 0.15) is 0 Å². The summed E-state index contributed by atoms with van der Waals surface area (Å²) in [4.78, 5) is 10.4. The molecule has 0 amide bonds. The maximum atomic E-state index is 5.23. The second-order valence-corrected chi connectivity index (χ2v) is 17.4. The van der Waals surface area contributed by atoms with E-state index in [2.05, 4.69) is 252 Å². The average molecular weight is 867 g/mol. The van der Waals surface area contributed by atoms with Gasteiger partial charge in [-0.15, -0.1) is 0 Å². The van der Waals surface area contributed by atoms with Crippen LogP contribution in [0.5, 0.6) is 0 Å². The monoisotopic (exact) mass is 866 g/mol. The van der Waals surface area contributed by atoms with Crippen LogP contribution < -0.4 is 0 Å². The first-order valence-corrected chi connectivity index (χ1v) is 23.1. The molecule has 0 saturated carbocycles. The van der Waals surface area contributed by atoms with Crippen LogP contribution in [0, 0.1) is 0 Å². The van der Waals surface area contributed by atoms with E-state index in [-0.39, 0.29) is 0 Å². The summed E-state index contributed by atoms with van der Waals surface area (Å²) < 4.78 is 4.90. The quantitative estimate of drug-likeness (QED) is 0.153. The zero-order valence-electron chi connectivity index (χ0n) is 37.0. The van der Waals surface area contributed by atoms with E-state index in [0.29, 0.717) is 5.82 Å². The van der Waals surface area contributed by atoms with E-state index in [0.717, 1.165) is 50.5 Å². The van der Waals surface area contributed by atoms with Crippen molar-refractivity contribution in [3.05, 3.63) is 255 Å². The average Bonchev–Trinajstić information content (AvgIpc) is 3.95. The van der Waals surface area contributed by atoms with E-state index >= 15 is 0 Å². The van der Waals surface area contributed by atoms with Crippen LogP contribution in [0.25, 0.3) is 122 Å². The maximum Gasteiger partial charge on any atom is 0.160 e. The Morgan fingerprint density at radius 3 is 1.10 bits per heavy atom. The normalized spacial score (nSPS) is 11.5. The Hall–Kier alpha value is -9.12. The number of nitrogens with zero attached hydrogens (tertiary/aromatic N) is 4. The summed E-state index contributed by atoms with van der Waals surface area (Å²) in [5.41, 5.74) is 18.8. The first kappa shape index (κ1) is 39.3. The van der Waals surface area contributed by atoms with Crippen LogP contribution in [0.4, 0.5) is 0 Å². The van der Waals surface area contributed by atoms with Crippen LogP contribution in [0.3, 0.4) is 0 Å². The summed E-state index contributed by atoms with van der Waals surface area (Å²) in [5.74, 6) is 0.681. The van der Waals surface area contributed by atoms with Gasteiger partial charge in [0.25, 0.3) is 0 Å². The Morgan fingerprint density at radius 2 is 0.588 bits per heavy atom. The zero-order chi connectivity index (χ0) is 45.0. The lowest BCUT2D eigenvalue weighted by Gasteiger charge is -2.14. The summed E-state index contributed by atoms with van der Waals surface area (Å²) in [7, 11) is 0. The fraction of sp³-hybridized carbons (Fsp3) is 0. The molecule has 10 aromatic carbocycles. The van der Waals surface area contributed by atoms with Gasteiger partial charge in [0.15, 0.2) is 5.82 Å². The Labute approximate surface area is 394 Å². The molecule has 68 heavy (non-hydrogen) atoms. The van der Waals surface area contributed by atoms with Gasteiger partial charge in [-0.25, -0.2) is 9.97 Å². The number of benzene rings is 10. The summed E-state index contributed by atoms with van der Waals surface area (Å²) in [6.45, 7) is 0. The molecule has 0 aliphatic rings. The molecule has 0 fully saturated rings. The van der Waals surface area contributed by atoms with Crippen molar-refractivity contribution in [2.75, 3.05) is 0 Å². The maximum absolute atomic E-state index is 5.23. The predicted octanol–water partition coefficient (Wildman–Crippen LogP) is 16.7. The summed E-state index contributed by atoms with van der Waals surface area (Å²) >= 11 is 0. The van der Waals surface area contributed by atoms with Crippen molar-refractivity contribution < 1.29 is 0 Å². The molecule has 0 aliphatic heterocycles. The number of rotatable bonds is 8. The molecule has 0 spiro atoms. The van der Waals surface area contributed by atoms with Gasteiger partial charge in [0, 0.05) is 49.6 Å². The van der Waals surface area contributed by atoms with E-state index in [1.54, 1.807) is 0 Å². The fourth-order valence-electron chi connectivity index (χ4n) is 10.1. The second kappa shape index (κ2) is 16.4. The number of aromatic nitrogens is 4. The zero-order valence-corrected chi connectivity index (χ0v) is 37.0. The lowest BCUT2D eigenvalue weighted by molar-refractivity contribution is 1.14. The van der Waals surface area contributed by atoms with Gasteiger partial charge < -0.3 is 9.13 Å². The van der Waals surface area contributed by atoms with Gasteiger partial charge in [0.2, 0.25) is 0 Å². The summed E-state index contributed by atoms with van der Waals surface area (Å²) in [5, 5.41) is 4.85. The Balaban J connectivity index is 0.946. The van der Waals surface area contributed by atoms with Crippen molar-refractivity contribution >= 4 is 43.6 Å². The van der Waals surface area contributed by atoms with E-state index in [1.165, 1.54) is 66.0 Å². The Morgan fingerprint density at radius 1 is 0.235 bits per heavy atom. The van der Waals surface area contributed by atoms with Gasteiger partial charge in [0.05, 0.1) is 33.5 Å². The number of fused-ring (bicyclic) bond motifs is 7. The fourth-order valence-corrected chi connectivity index (χ4v) is 10.1. The van der Waals surface area contributed by atoms with Gasteiger partial charge in [-0.3, -0.25) is 0 Å². The van der Waals surface area contributed by atoms with Crippen molar-refractivity contribution in [2.45, 2.75) is 0 Å². The lowest BCUT2D eigenvalue weighted by atomic mass is 9.99. The largest absolute Gasteiger partial charge is 0.307 e. The van der Waals surface area contributed by atoms with Crippen LogP contribution in [0.15, 0.2) is 255 Å². The molecule has 0 radical (unpaired) electrons. The summed E-state index contributed by atoms with van der Waals surface area (Å²) in [6, 6.07) is 91.1. The Bertz CT molecular complexity index is 3960. The molecule has 0 N–H and O–H groups in total. The molecule has 3 aromatic heterocycles. The molecular weight excluding hydrogens is 825 g/mol.